The quantitative estimate of drug-likeness (QED) is 0.825. The zero-order valence-electron chi connectivity index (χ0n) is 12.3. The van der Waals surface area contributed by atoms with Gasteiger partial charge in [-0.15, -0.1) is 0 Å². The maximum Gasteiger partial charge on any atom is 0.303 e. The highest BCUT2D eigenvalue weighted by Gasteiger charge is 2.19. The average Bonchev–Trinajstić information content (AvgIpc) is 2.25. The molecule has 1 N–H and O–H groups in total. The molecule has 0 saturated heterocycles. The van der Waals surface area contributed by atoms with Gasteiger partial charge in [-0.2, -0.15) is 0 Å². The fourth-order valence-electron chi connectivity index (χ4n) is 2.42. The summed E-state index contributed by atoms with van der Waals surface area (Å²) in [6, 6.07) is 2.09. The van der Waals surface area contributed by atoms with Crippen LogP contribution in [0.2, 0.25) is 0 Å². The molecule has 0 radical (unpaired) electrons. The maximum atomic E-state index is 12.4. The van der Waals surface area contributed by atoms with E-state index < -0.39 is 5.97 Å². The van der Waals surface area contributed by atoms with E-state index in [1.807, 2.05) is 27.7 Å². The SMILES string of the molecule is Cc1cc(C)c(C)c(C(=O)C[C@H](C)CC(=O)O)c1C. The average molecular weight is 262 g/mol. The molecule has 0 heterocycles. The van der Waals surface area contributed by atoms with E-state index in [-0.39, 0.29) is 24.5 Å². The standard InChI is InChI=1S/C16H22O3/c1-9(7-15(18)19)6-14(17)16-12(4)10(2)8-11(3)13(16)5/h8-9H,6-7H2,1-5H3,(H,18,19)/t9-/m0/s1. The summed E-state index contributed by atoms with van der Waals surface area (Å²) < 4.78 is 0. The van der Waals surface area contributed by atoms with E-state index in [9.17, 15) is 9.59 Å². The molecule has 0 aromatic heterocycles. The third kappa shape index (κ3) is 3.66. The summed E-state index contributed by atoms with van der Waals surface area (Å²) in [5.74, 6) is -0.936. The number of Topliss-reactive ketones (excluding diaryl/α,β-unsaturated/α-hetero) is 1. The fourth-order valence-corrected chi connectivity index (χ4v) is 2.42. The number of aryl methyl sites for hydroxylation is 2. The van der Waals surface area contributed by atoms with Crippen molar-refractivity contribution in [3.63, 3.8) is 0 Å². The first-order valence-corrected chi connectivity index (χ1v) is 6.56. The number of aliphatic carboxylic acids is 1. The van der Waals surface area contributed by atoms with Crippen LogP contribution < -0.4 is 0 Å². The number of rotatable bonds is 5. The number of ketones is 1. The Morgan fingerprint density at radius 1 is 1.05 bits per heavy atom. The van der Waals surface area contributed by atoms with Crippen LogP contribution >= 0.6 is 0 Å². The van der Waals surface area contributed by atoms with E-state index in [1.54, 1.807) is 6.92 Å². The molecule has 0 unspecified atom stereocenters. The minimum absolute atomic E-state index is 0.0363. The Balaban J connectivity index is 3.03. The predicted octanol–water partition coefficient (Wildman–Crippen LogP) is 3.60. The van der Waals surface area contributed by atoms with E-state index in [1.165, 1.54) is 0 Å². The van der Waals surface area contributed by atoms with Crippen LogP contribution in [-0.4, -0.2) is 16.9 Å². The van der Waals surface area contributed by atoms with E-state index in [0.29, 0.717) is 0 Å². The molecule has 0 aliphatic carbocycles. The summed E-state index contributed by atoms with van der Waals surface area (Å²) in [5.41, 5.74) is 5.01. The summed E-state index contributed by atoms with van der Waals surface area (Å²) in [6.07, 6.45) is 0.325. The van der Waals surface area contributed by atoms with Gasteiger partial charge in [0.1, 0.15) is 0 Å². The number of hydrogen-bond donors (Lipinski definition) is 1. The lowest BCUT2D eigenvalue weighted by molar-refractivity contribution is -0.137. The molecular weight excluding hydrogens is 240 g/mol. The van der Waals surface area contributed by atoms with E-state index in [4.69, 9.17) is 5.11 Å². The monoisotopic (exact) mass is 262 g/mol. The van der Waals surface area contributed by atoms with Crippen LogP contribution in [0.15, 0.2) is 6.07 Å². The lowest BCUT2D eigenvalue weighted by atomic mass is 9.88. The molecule has 1 rings (SSSR count). The van der Waals surface area contributed by atoms with Crippen molar-refractivity contribution in [1.82, 2.24) is 0 Å². The lowest BCUT2D eigenvalue weighted by Crippen LogP contribution is -2.13. The minimum Gasteiger partial charge on any atom is -0.481 e. The van der Waals surface area contributed by atoms with Crippen LogP contribution in [0.5, 0.6) is 0 Å². The topological polar surface area (TPSA) is 54.4 Å². The third-order valence-electron chi connectivity index (χ3n) is 3.70. The van der Waals surface area contributed by atoms with Crippen molar-refractivity contribution < 1.29 is 14.7 Å². The Bertz CT molecular complexity index is 489. The van der Waals surface area contributed by atoms with Crippen LogP contribution in [0.1, 0.15) is 52.4 Å². The number of carboxylic acid groups (broad SMARTS) is 1. The van der Waals surface area contributed by atoms with E-state index >= 15 is 0 Å². The first kappa shape index (κ1) is 15.4. The van der Waals surface area contributed by atoms with Gasteiger partial charge in [-0.25, -0.2) is 0 Å². The molecule has 1 aromatic carbocycles. The van der Waals surface area contributed by atoms with Crippen molar-refractivity contribution in [1.29, 1.82) is 0 Å². The van der Waals surface area contributed by atoms with Gasteiger partial charge in [0.25, 0.3) is 0 Å². The molecule has 0 aliphatic rings. The number of hydrogen-bond acceptors (Lipinski definition) is 2. The number of benzene rings is 1. The molecule has 0 saturated carbocycles. The second-order valence-electron chi connectivity index (χ2n) is 5.47. The van der Waals surface area contributed by atoms with Crippen molar-refractivity contribution in [2.75, 3.05) is 0 Å². The first-order valence-electron chi connectivity index (χ1n) is 6.56. The van der Waals surface area contributed by atoms with Crippen LogP contribution in [0.3, 0.4) is 0 Å². The fraction of sp³-hybridized carbons (Fsp3) is 0.500. The summed E-state index contributed by atoms with van der Waals surface area (Å²) in [4.78, 5) is 23.0. The Morgan fingerprint density at radius 3 is 1.95 bits per heavy atom. The molecule has 0 amide bonds. The minimum atomic E-state index is -0.853. The van der Waals surface area contributed by atoms with Crippen molar-refractivity contribution in [3.8, 4) is 0 Å². The molecular formula is C16H22O3. The molecule has 3 nitrogen and oxygen atoms in total. The third-order valence-corrected chi connectivity index (χ3v) is 3.70. The van der Waals surface area contributed by atoms with Gasteiger partial charge in [-0.05, 0) is 55.9 Å². The van der Waals surface area contributed by atoms with Crippen molar-refractivity contribution in [3.05, 3.63) is 33.9 Å². The summed E-state index contributed by atoms with van der Waals surface area (Å²) in [7, 11) is 0. The first-order chi connectivity index (χ1) is 8.73. The van der Waals surface area contributed by atoms with Gasteiger partial charge in [0.15, 0.2) is 5.78 Å². The second kappa shape index (κ2) is 6.00. The molecule has 0 aliphatic heterocycles. The van der Waals surface area contributed by atoms with Crippen molar-refractivity contribution in [2.24, 2.45) is 5.92 Å². The number of carbonyl (C=O) groups is 2. The number of carbonyl (C=O) groups excluding carboxylic acids is 1. The molecule has 0 bridgehead atoms. The van der Waals surface area contributed by atoms with Gasteiger partial charge in [0.05, 0.1) is 0 Å². The normalized spacial score (nSPS) is 12.3. The Morgan fingerprint density at radius 2 is 1.53 bits per heavy atom. The van der Waals surface area contributed by atoms with Crippen LogP contribution in [0, 0.1) is 33.6 Å². The van der Waals surface area contributed by atoms with Crippen molar-refractivity contribution >= 4 is 11.8 Å². The van der Waals surface area contributed by atoms with Crippen LogP contribution in [0.4, 0.5) is 0 Å². The van der Waals surface area contributed by atoms with Crippen molar-refractivity contribution in [2.45, 2.75) is 47.5 Å². The second-order valence-corrected chi connectivity index (χ2v) is 5.47. The smallest absolute Gasteiger partial charge is 0.303 e. The summed E-state index contributed by atoms with van der Waals surface area (Å²) >= 11 is 0. The Labute approximate surface area is 114 Å². The van der Waals surface area contributed by atoms with Crippen LogP contribution in [-0.2, 0) is 4.79 Å². The molecule has 1 aromatic rings. The highest BCUT2D eigenvalue weighted by atomic mass is 16.4. The van der Waals surface area contributed by atoms with Gasteiger partial charge >= 0.3 is 5.97 Å². The molecule has 3 heteroatoms. The van der Waals surface area contributed by atoms with Gasteiger partial charge in [-0.3, -0.25) is 9.59 Å². The van der Waals surface area contributed by atoms with Gasteiger partial charge in [0, 0.05) is 18.4 Å². The molecule has 19 heavy (non-hydrogen) atoms. The highest BCUT2D eigenvalue weighted by molar-refractivity contribution is 5.99. The summed E-state index contributed by atoms with van der Waals surface area (Å²) in [5, 5.41) is 8.75. The zero-order chi connectivity index (χ0) is 14.7. The van der Waals surface area contributed by atoms with E-state index in [2.05, 4.69) is 6.07 Å². The highest BCUT2D eigenvalue weighted by Crippen LogP contribution is 2.24. The Hall–Kier alpha value is -1.64. The zero-order valence-corrected chi connectivity index (χ0v) is 12.3. The van der Waals surface area contributed by atoms with Gasteiger partial charge < -0.3 is 5.11 Å². The predicted molar refractivity (Wildman–Crippen MR) is 75.8 cm³/mol. The maximum absolute atomic E-state index is 12.4. The molecule has 0 spiro atoms. The molecule has 104 valence electrons. The van der Waals surface area contributed by atoms with E-state index in [0.717, 1.165) is 27.8 Å². The number of carboxylic acids is 1. The summed E-state index contributed by atoms with van der Waals surface area (Å²) in [6.45, 7) is 9.71. The molecule has 0 fully saturated rings. The largest absolute Gasteiger partial charge is 0.481 e. The Kier molecular flexibility index (Phi) is 4.87. The van der Waals surface area contributed by atoms with Gasteiger partial charge in [0.2, 0.25) is 0 Å². The van der Waals surface area contributed by atoms with Crippen LogP contribution in [0.25, 0.3) is 0 Å². The van der Waals surface area contributed by atoms with Gasteiger partial charge in [-0.1, -0.05) is 13.0 Å². The molecule has 1 atom stereocenters. The lowest BCUT2D eigenvalue weighted by Gasteiger charge is -2.16.